The Morgan fingerprint density at radius 1 is 1.32 bits per heavy atom. The van der Waals surface area contributed by atoms with Crippen LogP contribution in [0.3, 0.4) is 0 Å². The van der Waals surface area contributed by atoms with Crippen LogP contribution in [0.5, 0.6) is 0 Å². The molecule has 1 saturated heterocycles. The molecule has 1 saturated carbocycles. The summed E-state index contributed by atoms with van der Waals surface area (Å²) in [6.07, 6.45) is 6.35. The molecule has 22 heavy (non-hydrogen) atoms. The molecule has 2 rings (SSSR count). The first-order chi connectivity index (χ1) is 10.6. The van der Waals surface area contributed by atoms with Gasteiger partial charge in [-0.05, 0) is 43.9 Å². The van der Waals surface area contributed by atoms with Crippen molar-refractivity contribution in [3.63, 3.8) is 0 Å². The number of carbonyl (C=O) groups is 1. The van der Waals surface area contributed by atoms with Crippen molar-refractivity contribution in [2.24, 2.45) is 16.8 Å². The third kappa shape index (κ3) is 5.85. The van der Waals surface area contributed by atoms with Crippen molar-refractivity contribution in [1.29, 1.82) is 0 Å². The van der Waals surface area contributed by atoms with E-state index in [1.807, 2.05) is 7.05 Å². The molecule has 1 heterocycles. The van der Waals surface area contributed by atoms with Crippen LogP contribution >= 0.6 is 0 Å². The highest BCUT2D eigenvalue weighted by atomic mass is 16.1. The Kier molecular flexibility index (Phi) is 6.52. The smallest absolute Gasteiger partial charge is 0.220 e. The maximum atomic E-state index is 11.6. The van der Waals surface area contributed by atoms with Crippen LogP contribution in [0, 0.1) is 11.8 Å². The van der Waals surface area contributed by atoms with Crippen LogP contribution in [-0.4, -0.2) is 49.5 Å². The molecule has 5 nitrogen and oxygen atoms in total. The number of carbonyl (C=O) groups excluding carboxylic acids is 1. The van der Waals surface area contributed by atoms with Gasteiger partial charge in [-0.15, -0.1) is 0 Å². The molecule has 2 fully saturated rings. The highest BCUT2D eigenvalue weighted by Crippen LogP contribution is 2.23. The topological polar surface area (TPSA) is 56.7 Å². The van der Waals surface area contributed by atoms with Crippen LogP contribution in [0.1, 0.15) is 52.4 Å². The van der Waals surface area contributed by atoms with Gasteiger partial charge in [0.05, 0.1) is 0 Å². The molecule has 0 spiro atoms. The molecule has 2 N–H and O–H groups in total. The number of hydrogen-bond acceptors (Lipinski definition) is 2. The SMILES string of the molecule is CN=C(NCCCC(=O)NC1CC1)N1CCC(CC(C)C)C1. The summed E-state index contributed by atoms with van der Waals surface area (Å²) in [5.74, 6) is 2.75. The summed E-state index contributed by atoms with van der Waals surface area (Å²) in [4.78, 5) is 18.4. The van der Waals surface area contributed by atoms with E-state index in [0.717, 1.165) is 56.7 Å². The van der Waals surface area contributed by atoms with E-state index < -0.39 is 0 Å². The van der Waals surface area contributed by atoms with Crippen molar-refractivity contribution in [1.82, 2.24) is 15.5 Å². The molecule has 1 aliphatic carbocycles. The van der Waals surface area contributed by atoms with Gasteiger partial charge in [0.2, 0.25) is 5.91 Å². The maximum Gasteiger partial charge on any atom is 0.220 e. The van der Waals surface area contributed by atoms with Gasteiger partial charge in [0.15, 0.2) is 5.96 Å². The number of likely N-dealkylation sites (tertiary alicyclic amines) is 1. The van der Waals surface area contributed by atoms with Crippen molar-refractivity contribution in [3.05, 3.63) is 0 Å². The van der Waals surface area contributed by atoms with Crippen molar-refractivity contribution in [3.8, 4) is 0 Å². The Labute approximate surface area is 134 Å². The average Bonchev–Trinajstić information content (AvgIpc) is 3.16. The number of rotatable bonds is 7. The van der Waals surface area contributed by atoms with E-state index in [1.165, 1.54) is 12.8 Å². The first-order valence-corrected chi connectivity index (χ1v) is 8.83. The Morgan fingerprint density at radius 3 is 2.73 bits per heavy atom. The van der Waals surface area contributed by atoms with E-state index in [2.05, 4.69) is 34.4 Å². The summed E-state index contributed by atoms with van der Waals surface area (Å²) >= 11 is 0. The molecule has 1 unspecified atom stereocenters. The number of hydrogen-bond donors (Lipinski definition) is 2. The third-order valence-electron chi connectivity index (χ3n) is 4.41. The Hall–Kier alpha value is -1.26. The van der Waals surface area contributed by atoms with Gasteiger partial charge in [-0.3, -0.25) is 9.79 Å². The number of aliphatic imine (C=N–C) groups is 1. The van der Waals surface area contributed by atoms with E-state index >= 15 is 0 Å². The van der Waals surface area contributed by atoms with E-state index in [9.17, 15) is 4.79 Å². The van der Waals surface area contributed by atoms with E-state index in [4.69, 9.17) is 0 Å². The molecule has 5 heteroatoms. The molecule has 1 atom stereocenters. The summed E-state index contributed by atoms with van der Waals surface area (Å²) < 4.78 is 0. The Balaban J connectivity index is 1.61. The second-order valence-electron chi connectivity index (χ2n) is 7.15. The fraction of sp³-hybridized carbons (Fsp3) is 0.882. The largest absolute Gasteiger partial charge is 0.356 e. The highest BCUT2D eigenvalue weighted by Gasteiger charge is 2.25. The molecule has 1 aliphatic heterocycles. The summed E-state index contributed by atoms with van der Waals surface area (Å²) in [6.45, 7) is 7.61. The average molecular weight is 308 g/mol. The van der Waals surface area contributed by atoms with Gasteiger partial charge < -0.3 is 15.5 Å². The minimum absolute atomic E-state index is 0.192. The number of guanidine groups is 1. The van der Waals surface area contributed by atoms with Crippen molar-refractivity contribution in [2.45, 2.75) is 58.4 Å². The summed E-state index contributed by atoms with van der Waals surface area (Å²) in [5.41, 5.74) is 0. The molecule has 0 aromatic heterocycles. The molecular weight excluding hydrogens is 276 g/mol. The first kappa shape index (κ1) is 17.1. The Bertz CT molecular complexity index is 390. The second-order valence-corrected chi connectivity index (χ2v) is 7.15. The molecule has 0 aromatic carbocycles. The summed E-state index contributed by atoms with van der Waals surface area (Å²) in [7, 11) is 1.85. The molecule has 2 aliphatic rings. The lowest BCUT2D eigenvalue weighted by Crippen LogP contribution is -2.40. The van der Waals surface area contributed by atoms with Gasteiger partial charge in [-0.25, -0.2) is 0 Å². The van der Waals surface area contributed by atoms with Gasteiger partial charge in [0.25, 0.3) is 0 Å². The van der Waals surface area contributed by atoms with Gasteiger partial charge in [0, 0.05) is 39.1 Å². The second kappa shape index (κ2) is 8.39. The molecule has 1 amide bonds. The fourth-order valence-electron chi connectivity index (χ4n) is 3.19. The number of amides is 1. The van der Waals surface area contributed by atoms with Crippen molar-refractivity contribution in [2.75, 3.05) is 26.7 Å². The Morgan fingerprint density at radius 2 is 2.09 bits per heavy atom. The van der Waals surface area contributed by atoms with Gasteiger partial charge in [-0.1, -0.05) is 13.8 Å². The van der Waals surface area contributed by atoms with Crippen LogP contribution in [0.15, 0.2) is 4.99 Å². The minimum atomic E-state index is 0.192. The van der Waals surface area contributed by atoms with E-state index in [1.54, 1.807) is 0 Å². The fourth-order valence-corrected chi connectivity index (χ4v) is 3.19. The van der Waals surface area contributed by atoms with Gasteiger partial charge in [0.1, 0.15) is 0 Å². The molecule has 126 valence electrons. The van der Waals surface area contributed by atoms with Gasteiger partial charge >= 0.3 is 0 Å². The third-order valence-corrected chi connectivity index (χ3v) is 4.41. The standard InChI is InChI=1S/C17H32N4O/c1-13(2)11-14-8-10-21(12-14)17(18-3)19-9-4-5-16(22)20-15-6-7-15/h13-15H,4-12H2,1-3H3,(H,18,19)(H,20,22). The highest BCUT2D eigenvalue weighted by molar-refractivity contribution is 5.80. The normalized spacial score (nSPS) is 22.3. The molecule has 0 aromatic rings. The van der Waals surface area contributed by atoms with Crippen LogP contribution in [0.25, 0.3) is 0 Å². The zero-order valence-corrected chi connectivity index (χ0v) is 14.4. The molecule has 0 bridgehead atoms. The van der Waals surface area contributed by atoms with Crippen LogP contribution < -0.4 is 10.6 Å². The molecular formula is C17H32N4O. The lowest BCUT2D eigenvalue weighted by molar-refractivity contribution is -0.121. The quantitative estimate of drug-likeness (QED) is 0.430. The maximum absolute atomic E-state index is 11.6. The summed E-state index contributed by atoms with van der Waals surface area (Å²) in [5, 5.41) is 6.43. The van der Waals surface area contributed by atoms with Gasteiger partial charge in [-0.2, -0.15) is 0 Å². The van der Waals surface area contributed by atoms with Crippen molar-refractivity contribution < 1.29 is 4.79 Å². The number of nitrogens with one attached hydrogen (secondary N) is 2. The predicted molar refractivity (Wildman–Crippen MR) is 90.9 cm³/mol. The summed E-state index contributed by atoms with van der Waals surface area (Å²) in [6, 6.07) is 0.468. The molecule has 0 radical (unpaired) electrons. The monoisotopic (exact) mass is 308 g/mol. The van der Waals surface area contributed by atoms with Crippen LogP contribution in [0.4, 0.5) is 0 Å². The lowest BCUT2D eigenvalue weighted by Gasteiger charge is -2.22. The number of nitrogens with zero attached hydrogens (tertiary/aromatic N) is 2. The first-order valence-electron chi connectivity index (χ1n) is 8.83. The van der Waals surface area contributed by atoms with E-state index in [0.29, 0.717) is 12.5 Å². The van der Waals surface area contributed by atoms with Crippen molar-refractivity contribution >= 4 is 11.9 Å². The predicted octanol–water partition coefficient (Wildman–Crippen LogP) is 1.99. The zero-order chi connectivity index (χ0) is 15.9. The van der Waals surface area contributed by atoms with E-state index in [-0.39, 0.29) is 5.91 Å². The zero-order valence-electron chi connectivity index (χ0n) is 14.4. The minimum Gasteiger partial charge on any atom is -0.356 e. The van der Waals surface area contributed by atoms with Crippen LogP contribution in [0.2, 0.25) is 0 Å². The lowest BCUT2D eigenvalue weighted by atomic mass is 9.97. The van der Waals surface area contributed by atoms with Crippen LogP contribution in [-0.2, 0) is 4.79 Å².